The number of aryl methyl sites for hydroxylation is 1. The maximum absolute atomic E-state index is 6.47. The van der Waals surface area contributed by atoms with Crippen molar-refractivity contribution in [2.75, 3.05) is 14.2 Å². The van der Waals surface area contributed by atoms with Crippen molar-refractivity contribution in [1.29, 1.82) is 0 Å². The number of pyridine rings is 1. The van der Waals surface area contributed by atoms with Crippen molar-refractivity contribution in [1.82, 2.24) is 25.2 Å². The first kappa shape index (κ1) is 34.3. The first-order valence-electron chi connectivity index (χ1n) is 18.0. The zero-order valence-corrected chi connectivity index (χ0v) is 30.4. The monoisotopic (exact) mass is 709 g/mol. The average Bonchev–Trinajstić information content (AvgIpc) is 3.74. The molecular formula is C46H39N5O3. The molecular weight excluding hydrogens is 671 g/mol. The van der Waals surface area contributed by atoms with Crippen LogP contribution in [0.5, 0.6) is 17.2 Å². The molecule has 6 aromatic carbocycles. The molecule has 0 saturated heterocycles. The number of aromatic nitrogens is 5. The van der Waals surface area contributed by atoms with Gasteiger partial charge in [0.1, 0.15) is 29.4 Å². The predicted octanol–water partition coefficient (Wildman–Crippen LogP) is 9.55. The lowest BCUT2D eigenvalue weighted by molar-refractivity contribution is 0.308. The maximum Gasteiger partial charge on any atom is 0.205 e. The lowest BCUT2D eigenvalue weighted by atomic mass is 9.77. The molecule has 2 heterocycles. The molecule has 0 aliphatic rings. The van der Waals surface area contributed by atoms with E-state index in [1.165, 1.54) is 0 Å². The second-order valence-electron chi connectivity index (χ2n) is 12.9. The third-order valence-corrected chi connectivity index (χ3v) is 9.82. The Morgan fingerprint density at radius 2 is 1.15 bits per heavy atom. The first-order valence-corrected chi connectivity index (χ1v) is 18.0. The molecule has 0 aliphatic heterocycles. The molecule has 8 rings (SSSR count). The highest BCUT2D eigenvalue weighted by molar-refractivity contribution is 5.95. The lowest BCUT2D eigenvalue weighted by Crippen LogP contribution is -2.39. The molecule has 0 atom stereocenters. The number of nitrogens with zero attached hydrogens (tertiary/aromatic N) is 5. The van der Waals surface area contributed by atoms with Gasteiger partial charge in [0.2, 0.25) is 5.82 Å². The van der Waals surface area contributed by atoms with Crippen LogP contribution in [-0.2, 0) is 18.6 Å². The topological polar surface area (TPSA) is 84.2 Å². The van der Waals surface area contributed by atoms with E-state index in [0.717, 1.165) is 62.0 Å². The highest BCUT2D eigenvalue weighted by Gasteiger charge is 2.41. The number of hydrogen-bond donors (Lipinski definition) is 0. The van der Waals surface area contributed by atoms with Crippen molar-refractivity contribution in [3.63, 3.8) is 0 Å². The van der Waals surface area contributed by atoms with E-state index >= 15 is 0 Å². The molecule has 0 fully saturated rings. The number of methoxy groups -OCH3 is 2. The van der Waals surface area contributed by atoms with E-state index in [4.69, 9.17) is 34.6 Å². The predicted molar refractivity (Wildman–Crippen MR) is 212 cm³/mol. The van der Waals surface area contributed by atoms with Gasteiger partial charge in [-0.15, -0.1) is 15.0 Å². The van der Waals surface area contributed by atoms with Crippen LogP contribution in [-0.4, -0.2) is 39.4 Å². The fourth-order valence-corrected chi connectivity index (χ4v) is 7.15. The van der Waals surface area contributed by atoms with Gasteiger partial charge in [-0.05, 0) is 57.1 Å². The number of rotatable bonds is 12. The Morgan fingerprint density at radius 3 is 1.72 bits per heavy atom. The standard InChI is InChI=1S/C46H39N5O3/c1-4-37-30-42(43-40(52-2)28-29-41(53-3)44(43)47-37)54-31-32-24-26-33(27-25-32)38-22-14-15-23-39(38)45-48-50-51(49-45)46(34-16-8-5-9-17-34,35-18-10-6-11-19-35)36-20-12-7-13-21-36/h5-30H,4,31H2,1-3H3. The van der Waals surface area contributed by atoms with Gasteiger partial charge in [-0.2, -0.15) is 0 Å². The van der Waals surface area contributed by atoms with E-state index in [1.54, 1.807) is 19.0 Å². The van der Waals surface area contributed by atoms with Gasteiger partial charge in [-0.25, -0.2) is 4.98 Å². The summed E-state index contributed by atoms with van der Waals surface area (Å²) in [4.78, 5) is 6.59. The van der Waals surface area contributed by atoms with Crippen LogP contribution in [0.2, 0.25) is 0 Å². The molecule has 0 aliphatic carbocycles. The molecule has 0 N–H and O–H groups in total. The summed E-state index contributed by atoms with van der Waals surface area (Å²) in [5.41, 5.74) is 7.78. The van der Waals surface area contributed by atoms with Crippen LogP contribution >= 0.6 is 0 Å². The van der Waals surface area contributed by atoms with Crippen LogP contribution in [0.1, 0.15) is 34.9 Å². The first-order chi connectivity index (χ1) is 26.6. The fraction of sp³-hybridized carbons (Fsp3) is 0.130. The van der Waals surface area contributed by atoms with E-state index in [0.29, 0.717) is 29.7 Å². The Labute approximate surface area is 314 Å². The van der Waals surface area contributed by atoms with Crippen LogP contribution in [0.15, 0.2) is 158 Å². The molecule has 8 nitrogen and oxygen atoms in total. The fourth-order valence-electron chi connectivity index (χ4n) is 7.15. The number of fused-ring (bicyclic) bond motifs is 1. The molecule has 8 aromatic rings. The summed E-state index contributed by atoms with van der Waals surface area (Å²) in [5.74, 6) is 2.59. The minimum absolute atomic E-state index is 0.362. The average molecular weight is 710 g/mol. The number of hydrogen-bond acceptors (Lipinski definition) is 7. The van der Waals surface area contributed by atoms with E-state index < -0.39 is 5.54 Å². The van der Waals surface area contributed by atoms with Crippen molar-refractivity contribution in [3.05, 3.63) is 186 Å². The molecule has 0 spiro atoms. The van der Waals surface area contributed by atoms with Crippen LogP contribution in [0.4, 0.5) is 0 Å². The Bertz CT molecular complexity index is 2410. The van der Waals surface area contributed by atoms with Crippen molar-refractivity contribution >= 4 is 10.9 Å². The largest absolute Gasteiger partial charge is 0.496 e. The molecule has 2 aromatic heterocycles. The second-order valence-corrected chi connectivity index (χ2v) is 12.9. The van der Waals surface area contributed by atoms with Crippen molar-refractivity contribution in [2.45, 2.75) is 25.5 Å². The van der Waals surface area contributed by atoms with Gasteiger partial charge < -0.3 is 14.2 Å². The maximum atomic E-state index is 6.47. The molecule has 8 heteroatoms. The minimum Gasteiger partial charge on any atom is -0.496 e. The molecule has 0 saturated carbocycles. The normalized spacial score (nSPS) is 11.4. The summed E-state index contributed by atoms with van der Waals surface area (Å²) in [6, 6.07) is 53.4. The summed E-state index contributed by atoms with van der Waals surface area (Å²) in [7, 11) is 3.30. The van der Waals surface area contributed by atoms with Crippen molar-refractivity contribution in [2.24, 2.45) is 0 Å². The summed E-state index contributed by atoms with van der Waals surface area (Å²) >= 11 is 0. The Morgan fingerprint density at radius 1 is 0.593 bits per heavy atom. The van der Waals surface area contributed by atoms with Gasteiger partial charge in [0.25, 0.3) is 0 Å². The zero-order valence-electron chi connectivity index (χ0n) is 30.4. The summed E-state index contributed by atoms with van der Waals surface area (Å²) in [5, 5.41) is 15.4. The SMILES string of the molecule is CCc1cc(OCc2ccc(-c3ccccc3-c3nnn(C(c4ccccc4)(c4ccccc4)c4ccccc4)n3)cc2)c2c(OC)ccc(OC)c2n1. The van der Waals surface area contributed by atoms with E-state index in [1.807, 2.05) is 91.0 Å². The summed E-state index contributed by atoms with van der Waals surface area (Å²) < 4.78 is 17.8. The van der Waals surface area contributed by atoms with E-state index in [2.05, 4.69) is 73.7 Å². The minimum atomic E-state index is -0.862. The second kappa shape index (κ2) is 15.0. The molecule has 0 amide bonds. The Hall–Kier alpha value is -6.80. The van der Waals surface area contributed by atoms with Gasteiger partial charge in [-0.3, -0.25) is 0 Å². The summed E-state index contributed by atoms with van der Waals surface area (Å²) in [6.07, 6.45) is 0.759. The Kier molecular flexibility index (Phi) is 9.56. The molecule has 0 unspecified atom stereocenters. The van der Waals surface area contributed by atoms with Crippen LogP contribution < -0.4 is 14.2 Å². The summed E-state index contributed by atoms with van der Waals surface area (Å²) in [6.45, 7) is 2.43. The number of benzene rings is 6. The van der Waals surface area contributed by atoms with Gasteiger partial charge >= 0.3 is 0 Å². The smallest absolute Gasteiger partial charge is 0.205 e. The zero-order chi connectivity index (χ0) is 36.9. The quantitative estimate of drug-likeness (QED) is 0.117. The third kappa shape index (κ3) is 6.21. The lowest BCUT2D eigenvalue weighted by Gasteiger charge is -2.34. The van der Waals surface area contributed by atoms with Crippen LogP contribution in [0, 0.1) is 0 Å². The van der Waals surface area contributed by atoms with Gasteiger partial charge in [0.05, 0.1) is 19.6 Å². The van der Waals surface area contributed by atoms with Crippen LogP contribution in [0.25, 0.3) is 33.4 Å². The number of tetrazole rings is 1. The van der Waals surface area contributed by atoms with E-state index in [-0.39, 0.29) is 0 Å². The van der Waals surface area contributed by atoms with Crippen molar-refractivity contribution in [3.8, 4) is 39.8 Å². The highest BCUT2D eigenvalue weighted by Crippen LogP contribution is 2.41. The molecule has 266 valence electrons. The molecule has 54 heavy (non-hydrogen) atoms. The van der Waals surface area contributed by atoms with Gasteiger partial charge in [-0.1, -0.05) is 146 Å². The third-order valence-electron chi connectivity index (χ3n) is 9.82. The molecule has 0 bridgehead atoms. The van der Waals surface area contributed by atoms with Gasteiger partial charge in [0.15, 0.2) is 5.54 Å². The highest BCUT2D eigenvalue weighted by atomic mass is 16.5. The number of ether oxygens (including phenoxy) is 3. The van der Waals surface area contributed by atoms with Gasteiger partial charge in [0, 0.05) is 17.3 Å². The van der Waals surface area contributed by atoms with E-state index in [9.17, 15) is 0 Å². The van der Waals surface area contributed by atoms with Crippen LogP contribution in [0.3, 0.4) is 0 Å². The molecule has 0 radical (unpaired) electrons. The Balaban J connectivity index is 1.14. The van der Waals surface area contributed by atoms with Crippen molar-refractivity contribution < 1.29 is 14.2 Å².